The second-order valence-electron chi connectivity index (χ2n) is 10.0. The van der Waals surface area contributed by atoms with Crippen LogP contribution in [0.5, 0.6) is 0 Å². The first kappa shape index (κ1) is 32.7. The molecule has 1 unspecified atom stereocenters. The minimum Gasteiger partial charge on any atom is -0.480 e. The van der Waals surface area contributed by atoms with Gasteiger partial charge in [-0.2, -0.15) is 0 Å². The van der Waals surface area contributed by atoms with Crippen molar-refractivity contribution < 1.29 is 43.3 Å². The molecule has 4 N–H and O–H groups in total. The first-order valence-corrected chi connectivity index (χ1v) is 11.8. The third-order valence-electron chi connectivity index (χ3n) is 4.26. The van der Waals surface area contributed by atoms with Gasteiger partial charge in [-0.1, -0.05) is 12.2 Å². The number of ether oxygens (including phenoxy) is 3. The minimum atomic E-state index is -1.27. The van der Waals surface area contributed by atoms with Gasteiger partial charge in [-0.05, 0) is 67.2 Å². The summed E-state index contributed by atoms with van der Waals surface area (Å²) in [4.78, 5) is 59.6. The summed E-state index contributed by atoms with van der Waals surface area (Å²) in [5.74, 6) is -2.46. The molecule has 0 fully saturated rings. The fourth-order valence-corrected chi connectivity index (χ4v) is 2.69. The van der Waals surface area contributed by atoms with Gasteiger partial charge in [0.15, 0.2) is 0 Å². The van der Waals surface area contributed by atoms with E-state index in [4.69, 9.17) is 9.47 Å². The molecule has 206 valence electrons. The SMILES string of the molecule is COC(=O)CC=CCC(NC(=O)[C@H](CCCCNC(=O)OC(C)(C)C)NC(=O)OC(C)(C)C)C(=O)O. The Balaban J connectivity index is 5.06. The number of esters is 1. The highest BCUT2D eigenvalue weighted by molar-refractivity contribution is 5.89. The minimum absolute atomic E-state index is 0.0308. The largest absolute Gasteiger partial charge is 0.480 e. The normalized spacial score (nSPS) is 13.3. The number of carboxylic acid groups (broad SMARTS) is 1. The molecule has 0 spiro atoms. The van der Waals surface area contributed by atoms with Gasteiger partial charge in [0.2, 0.25) is 5.91 Å². The van der Waals surface area contributed by atoms with Crippen molar-refractivity contribution in [1.82, 2.24) is 16.0 Å². The molecule has 36 heavy (non-hydrogen) atoms. The van der Waals surface area contributed by atoms with Gasteiger partial charge in [-0.25, -0.2) is 14.4 Å². The molecule has 0 aromatic carbocycles. The zero-order valence-corrected chi connectivity index (χ0v) is 22.3. The van der Waals surface area contributed by atoms with Crippen LogP contribution in [0.3, 0.4) is 0 Å². The topological polar surface area (TPSA) is 169 Å². The summed E-state index contributed by atoms with van der Waals surface area (Å²) in [6.45, 7) is 10.5. The number of nitrogens with one attached hydrogen (secondary N) is 3. The fourth-order valence-electron chi connectivity index (χ4n) is 2.69. The summed E-state index contributed by atoms with van der Waals surface area (Å²) < 4.78 is 14.9. The van der Waals surface area contributed by atoms with E-state index in [1.807, 2.05) is 0 Å². The van der Waals surface area contributed by atoms with E-state index >= 15 is 0 Å². The average molecular weight is 516 g/mol. The zero-order chi connectivity index (χ0) is 27.9. The van der Waals surface area contributed by atoms with Crippen molar-refractivity contribution in [2.24, 2.45) is 0 Å². The number of amides is 3. The van der Waals surface area contributed by atoms with Crippen LogP contribution in [0.2, 0.25) is 0 Å². The smallest absolute Gasteiger partial charge is 0.408 e. The first-order chi connectivity index (χ1) is 16.5. The van der Waals surface area contributed by atoms with E-state index in [2.05, 4.69) is 20.7 Å². The van der Waals surface area contributed by atoms with Gasteiger partial charge < -0.3 is 35.3 Å². The maximum Gasteiger partial charge on any atom is 0.408 e. The zero-order valence-electron chi connectivity index (χ0n) is 22.3. The standard InChI is InChI=1S/C24H41N3O9/c1-23(2,3)35-21(32)25-15-11-10-12-16(27-22(33)36-24(4,5)6)19(29)26-17(20(30)31)13-8-9-14-18(28)34-7/h8-9,16-17H,10-15H2,1-7H3,(H,25,32)(H,26,29)(H,27,33)(H,30,31)/t16-,17?/m0/s1. The molecular formula is C24H41N3O9. The molecule has 0 bridgehead atoms. The van der Waals surface area contributed by atoms with Crippen LogP contribution < -0.4 is 16.0 Å². The number of carbonyl (C=O) groups excluding carboxylic acids is 4. The molecule has 0 aliphatic rings. The van der Waals surface area contributed by atoms with Crippen LogP contribution in [0.1, 0.15) is 73.6 Å². The molecule has 0 heterocycles. The monoisotopic (exact) mass is 515 g/mol. The number of hydrogen-bond acceptors (Lipinski definition) is 8. The predicted molar refractivity (Wildman–Crippen MR) is 131 cm³/mol. The lowest BCUT2D eigenvalue weighted by molar-refractivity contribution is -0.142. The molecule has 0 saturated carbocycles. The van der Waals surface area contributed by atoms with E-state index in [0.717, 1.165) is 0 Å². The Kier molecular flexibility index (Phi) is 14.2. The lowest BCUT2D eigenvalue weighted by Gasteiger charge is -2.24. The summed E-state index contributed by atoms with van der Waals surface area (Å²) >= 11 is 0. The summed E-state index contributed by atoms with van der Waals surface area (Å²) in [5, 5.41) is 17.0. The Bertz CT molecular complexity index is 783. The number of hydrogen-bond donors (Lipinski definition) is 4. The van der Waals surface area contributed by atoms with Crippen molar-refractivity contribution in [3.05, 3.63) is 12.2 Å². The molecule has 0 aliphatic heterocycles. The summed E-state index contributed by atoms with van der Waals surface area (Å²) in [5.41, 5.74) is -1.42. The lowest BCUT2D eigenvalue weighted by Crippen LogP contribution is -2.52. The Morgan fingerprint density at radius 2 is 1.42 bits per heavy atom. The number of alkyl carbamates (subject to hydrolysis) is 2. The highest BCUT2D eigenvalue weighted by Gasteiger charge is 2.27. The van der Waals surface area contributed by atoms with Gasteiger partial charge in [0.1, 0.15) is 23.3 Å². The number of carbonyl (C=O) groups is 5. The van der Waals surface area contributed by atoms with Crippen LogP contribution in [0.15, 0.2) is 12.2 Å². The van der Waals surface area contributed by atoms with Crippen LogP contribution >= 0.6 is 0 Å². The maximum absolute atomic E-state index is 12.8. The first-order valence-electron chi connectivity index (χ1n) is 11.8. The molecule has 0 rings (SSSR count). The molecule has 2 atom stereocenters. The Morgan fingerprint density at radius 3 is 1.94 bits per heavy atom. The van der Waals surface area contributed by atoms with Crippen molar-refractivity contribution in [2.75, 3.05) is 13.7 Å². The third-order valence-corrected chi connectivity index (χ3v) is 4.26. The summed E-state index contributed by atoms with van der Waals surface area (Å²) in [7, 11) is 1.24. The number of unbranched alkanes of at least 4 members (excludes halogenated alkanes) is 1. The van der Waals surface area contributed by atoms with E-state index in [1.54, 1.807) is 41.5 Å². The molecule has 0 radical (unpaired) electrons. The third kappa shape index (κ3) is 17.2. The van der Waals surface area contributed by atoms with Crippen molar-refractivity contribution in [1.29, 1.82) is 0 Å². The fraction of sp³-hybridized carbons (Fsp3) is 0.708. The molecule has 0 aromatic heterocycles. The van der Waals surface area contributed by atoms with Crippen molar-refractivity contribution in [3.63, 3.8) is 0 Å². The van der Waals surface area contributed by atoms with Crippen LogP contribution in [0.4, 0.5) is 9.59 Å². The Hall–Kier alpha value is -3.31. The van der Waals surface area contributed by atoms with Gasteiger partial charge in [-0.3, -0.25) is 9.59 Å². The molecule has 0 saturated heterocycles. The van der Waals surface area contributed by atoms with Gasteiger partial charge in [0, 0.05) is 6.54 Å². The van der Waals surface area contributed by atoms with Crippen molar-refractivity contribution in [2.45, 2.75) is 96.9 Å². The van der Waals surface area contributed by atoms with Crippen LogP contribution in [-0.2, 0) is 28.6 Å². The lowest BCUT2D eigenvalue weighted by atomic mass is 10.1. The van der Waals surface area contributed by atoms with E-state index in [1.165, 1.54) is 19.3 Å². The second kappa shape index (κ2) is 15.6. The van der Waals surface area contributed by atoms with Crippen molar-refractivity contribution in [3.8, 4) is 0 Å². The van der Waals surface area contributed by atoms with Crippen LogP contribution in [0.25, 0.3) is 0 Å². The maximum atomic E-state index is 12.8. The van der Waals surface area contributed by atoms with Crippen molar-refractivity contribution >= 4 is 30.0 Å². The van der Waals surface area contributed by atoms with E-state index in [0.29, 0.717) is 19.4 Å². The Labute approximate surface area is 212 Å². The summed E-state index contributed by atoms with van der Waals surface area (Å²) in [6, 6.07) is -2.34. The van der Waals surface area contributed by atoms with E-state index < -0.39 is 53.3 Å². The number of aliphatic carboxylic acids is 1. The van der Waals surface area contributed by atoms with Gasteiger partial charge in [0.05, 0.1) is 13.5 Å². The number of rotatable bonds is 13. The van der Waals surface area contributed by atoms with Gasteiger partial charge >= 0.3 is 24.1 Å². The Morgan fingerprint density at radius 1 is 0.833 bits per heavy atom. The molecule has 12 heteroatoms. The highest BCUT2D eigenvalue weighted by Crippen LogP contribution is 2.10. The predicted octanol–water partition coefficient (Wildman–Crippen LogP) is 2.65. The molecule has 12 nitrogen and oxygen atoms in total. The highest BCUT2D eigenvalue weighted by atomic mass is 16.6. The second-order valence-corrected chi connectivity index (χ2v) is 10.0. The number of carboxylic acids is 1. The molecule has 3 amide bonds. The molecule has 0 aliphatic carbocycles. The number of methoxy groups -OCH3 is 1. The van der Waals surface area contributed by atoms with Gasteiger partial charge in [0.25, 0.3) is 0 Å². The summed E-state index contributed by atoms with van der Waals surface area (Å²) in [6.07, 6.45) is 2.50. The quantitative estimate of drug-likeness (QED) is 0.125. The average Bonchev–Trinajstić information content (AvgIpc) is 2.71. The van der Waals surface area contributed by atoms with E-state index in [-0.39, 0.29) is 19.3 Å². The molecule has 0 aromatic rings. The van der Waals surface area contributed by atoms with E-state index in [9.17, 15) is 29.1 Å². The molecular weight excluding hydrogens is 474 g/mol. The van der Waals surface area contributed by atoms with Gasteiger partial charge in [-0.15, -0.1) is 0 Å². The van der Waals surface area contributed by atoms with Crippen LogP contribution in [-0.4, -0.2) is 72.1 Å². The van der Waals surface area contributed by atoms with Crippen LogP contribution in [0, 0.1) is 0 Å².